The van der Waals surface area contributed by atoms with Crippen LogP contribution in [0.5, 0.6) is 0 Å². The average molecular weight is 190 g/mol. The number of carbonyl (C=O) groups is 1. The Morgan fingerprint density at radius 2 is 1.64 bits per heavy atom. The third-order valence-corrected chi connectivity index (χ3v) is 1.00. The number of hydrogen-bond donors (Lipinski definition) is 2. The first-order chi connectivity index (χ1) is 3.55. The molecule has 0 saturated carbocycles. The number of rotatable bonds is 2. The molecule has 0 fully saturated rings. The lowest BCUT2D eigenvalue weighted by molar-refractivity contribution is -0.139. The zero-order valence-electron chi connectivity index (χ0n) is 6.50. The van der Waals surface area contributed by atoms with Crippen LogP contribution in [0, 0.1) is 5.92 Å². The maximum atomic E-state index is 10.0. The summed E-state index contributed by atoms with van der Waals surface area (Å²) in [5.41, 5.74) is 5.16. The van der Waals surface area contributed by atoms with Crippen molar-refractivity contribution in [3.05, 3.63) is 0 Å². The predicted octanol–water partition coefficient (Wildman–Crippen LogP) is -1.17. The Morgan fingerprint density at radius 3 is 1.64 bits per heavy atom. The normalized spacial score (nSPS) is 10.2. The summed E-state index contributed by atoms with van der Waals surface area (Å²) < 4.78 is 0. The minimum Gasteiger partial charge on any atom is -0.480 e. The third-order valence-electron chi connectivity index (χ3n) is 1.00. The molecule has 6 heteroatoms. The third kappa shape index (κ3) is 9.64. The van der Waals surface area contributed by atoms with Crippen LogP contribution in [0.4, 0.5) is 0 Å². The summed E-state index contributed by atoms with van der Waals surface area (Å²) in [6.07, 6.45) is 0. The van der Waals surface area contributed by atoms with Crippen LogP contribution >= 0.6 is 12.4 Å². The quantitative estimate of drug-likeness (QED) is 0.568. The van der Waals surface area contributed by atoms with E-state index in [1.165, 1.54) is 0 Å². The molecule has 0 aliphatic rings. The van der Waals surface area contributed by atoms with Gasteiger partial charge in [-0.2, -0.15) is 0 Å². The maximum Gasteiger partial charge on any atom is 0.320 e. The topological polar surface area (TPSA) is 126 Å². The highest BCUT2D eigenvalue weighted by atomic mass is 35.5. The zero-order valence-corrected chi connectivity index (χ0v) is 7.31. The Hall–Kier alpha value is -0.360. The van der Waals surface area contributed by atoms with E-state index in [1.54, 1.807) is 13.8 Å². The van der Waals surface area contributed by atoms with E-state index in [4.69, 9.17) is 10.8 Å². The molecule has 0 amide bonds. The number of aliphatic carboxylic acids is 1. The van der Waals surface area contributed by atoms with Gasteiger partial charge in [0.2, 0.25) is 0 Å². The van der Waals surface area contributed by atoms with Gasteiger partial charge in [-0.1, -0.05) is 13.8 Å². The van der Waals surface area contributed by atoms with Crippen molar-refractivity contribution in [2.75, 3.05) is 0 Å². The van der Waals surface area contributed by atoms with Crippen molar-refractivity contribution in [1.82, 2.24) is 0 Å². The molecule has 0 heterocycles. The second-order valence-electron chi connectivity index (χ2n) is 2.11. The van der Waals surface area contributed by atoms with Crippen LogP contribution in [0.1, 0.15) is 13.8 Å². The molecule has 0 saturated heterocycles. The van der Waals surface area contributed by atoms with Gasteiger partial charge >= 0.3 is 5.97 Å². The first-order valence-electron chi connectivity index (χ1n) is 2.54. The molecule has 0 aliphatic carbocycles. The highest BCUT2D eigenvalue weighted by Crippen LogP contribution is 1.96. The number of carboxylic acid groups (broad SMARTS) is 1. The molecule has 0 rings (SSSR count). The van der Waals surface area contributed by atoms with Crippen LogP contribution in [-0.4, -0.2) is 28.1 Å². The molecule has 0 bridgehead atoms. The van der Waals surface area contributed by atoms with Crippen molar-refractivity contribution in [3.8, 4) is 0 Å². The average Bonchev–Trinajstić information content (AvgIpc) is 1.64. The Bertz CT molecular complexity index is 98.5. The van der Waals surface area contributed by atoms with Crippen LogP contribution in [0.2, 0.25) is 0 Å². The summed E-state index contributed by atoms with van der Waals surface area (Å²) >= 11 is 0. The van der Waals surface area contributed by atoms with Crippen LogP contribution in [0.3, 0.4) is 0 Å². The van der Waals surface area contributed by atoms with Gasteiger partial charge in [0.1, 0.15) is 6.04 Å². The SMILES string of the molecule is CC(C)[C@H](N)C(=O)O.Cl.O.O. The fraction of sp³-hybridized carbons (Fsp3) is 0.800. The molecule has 11 heavy (non-hydrogen) atoms. The number of halogens is 1. The standard InChI is InChI=1S/C5H11NO2.ClH.2H2O/c1-3(2)4(6)5(7)8;;;/h3-4H,6H2,1-2H3,(H,7,8);1H;2*1H2/t4-;;;/m0.../s1. The summed E-state index contributed by atoms with van der Waals surface area (Å²) in [7, 11) is 0. The van der Waals surface area contributed by atoms with Crippen molar-refractivity contribution >= 4 is 18.4 Å². The molecule has 72 valence electrons. The van der Waals surface area contributed by atoms with E-state index in [0.29, 0.717) is 0 Å². The minimum absolute atomic E-state index is 0. The molecule has 0 aliphatic heterocycles. The lowest BCUT2D eigenvalue weighted by Crippen LogP contribution is -2.34. The molecular weight excluding hydrogens is 174 g/mol. The van der Waals surface area contributed by atoms with Crippen LogP contribution in [0.15, 0.2) is 0 Å². The second-order valence-corrected chi connectivity index (χ2v) is 2.11. The van der Waals surface area contributed by atoms with Gasteiger partial charge < -0.3 is 21.8 Å². The molecule has 1 atom stereocenters. The first-order valence-corrected chi connectivity index (χ1v) is 2.54. The van der Waals surface area contributed by atoms with Gasteiger partial charge in [0.15, 0.2) is 0 Å². The van der Waals surface area contributed by atoms with Crippen molar-refractivity contribution < 1.29 is 20.9 Å². The second kappa shape index (κ2) is 9.64. The molecular formula is C5H16ClNO4. The zero-order chi connectivity index (χ0) is 6.73. The van der Waals surface area contributed by atoms with Gasteiger partial charge in [0.25, 0.3) is 0 Å². The van der Waals surface area contributed by atoms with Crippen LogP contribution in [0.25, 0.3) is 0 Å². The first kappa shape index (κ1) is 22.4. The van der Waals surface area contributed by atoms with Gasteiger partial charge in [-0.15, -0.1) is 12.4 Å². The fourth-order valence-corrected chi connectivity index (χ4v) is 0.285. The van der Waals surface area contributed by atoms with Gasteiger partial charge in [-0.3, -0.25) is 4.79 Å². The summed E-state index contributed by atoms with van der Waals surface area (Å²) in [6, 6.07) is -0.713. The van der Waals surface area contributed by atoms with Crippen molar-refractivity contribution in [2.24, 2.45) is 11.7 Å². The summed E-state index contributed by atoms with van der Waals surface area (Å²) in [5.74, 6) is -0.910. The van der Waals surface area contributed by atoms with E-state index in [9.17, 15) is 4.79 Å². The monoisotopic (exact) mass is 189 g/mol. The van der Waals surface area contributed by atoms with E-state index in [0.717, 1.165) is 0 Å². The van der Waals surface area contributed by atoms with Gasteiger partial charge in [0, 0.05) is 0 Å². The summed E-state index contributed by atoms with van der Waals surface area (Å²) in [5, 5.41) is 8.23. The number of carboxylic acids is 1. The summed E-state index contributed by atoms with van der Waals surface area (Å²) in [6.45, 7) is 3.55. The molecule has 0 radical (unpaired) electrons. The molecule has 7 N–H and O–H groups in total. The maximum absolute atomic E-state index is 10.0. The van der Waals surface area contributed by atoms with E-state index in [1.807, 2.05) is 0 Å². The highest BCUT2D eigenvalue weighted by Gasteiger charge is 2.14. The molecule has 0 aromatic carbocycles. The highest BCUT2D eigenvalue weighted by molar-refractivity contribution is 5.85. The predicted molar refractivity (Wildman–Crippen MR) is 44.9 cm³/mol. The van der Waals surface area contributed by atoms with Gasteiger partial charge in [0.05, 0.1) is 0 Å². The Balaban J connectivity index is -0.0000000817. The van der Waals surface area contributed by atoms with Gasteiger partial charge in [-0.25, -0.2) is 0 Å². The Labute approximate surface area is 71.6 Å². The van der Waals surface area contributed by atoms with E-state index >= 15 is 0 Å². The van der Waals surface area contributed by atoms with Crippen LogP contribution < -0.4 is 5.73 Å². The van der Waals surface area contributed by atoms with Crippen molar-refractivity contribution in [2.45, 2.75) is 19.9 Å². The molecule has 0 aromatic rings. The number of nitrogens with two attached hydrogens (primary N) is 1. The molecule has 0 aromatic heterocycles. The van der Waals surface area contributed by atoms with E-state index < -0.39 is 12.0 Å². The van der Waals surface area contributed by atoms with E-state index in [-0.39, 0.29) is 29.3 Å². The lowest BCUT2D eigenvalue weighted by Gasteiger charge is -2.07. The van der Waals surface area contributed by atoms with Crippen molar-refractivity contribution in [3.63, 3.8) is 0 Å². The van der Waals surface area contributed by atoms with Gasteiger partial charge in [-0.05, 0) is 5.92 Å². The smallest absolute Gasteiger partial charge is 0.320 e. The summed E-state index contributed by atoms with van der Waals surface area (Å²) in [4.78, 5) is 10.0. The van der Waals surface area contributed by atoms with Crippen LogP contribution in [-0.2, 0) is 4.79 Å². The molecule has 0 spiro atoms. The largest absolute Gasteiger partial charge is 0.480 e. The molecule has 5 nitrogen and oxygen atoms in total. The Morgan fingerprint density at radius 1 is 1.36 bits per heavy atom. The fourth-order valence-electron chi connectivity index (χ4n) is 0.285. The Kier molecular flexibility index (Phi) is 19.7. The van der Waals surface area contributed by atoms with E-state index in [2.05, 4.69) is 0 Å². The molecule has 0 unspecified atom stereocenters. The number of hydrogen-bond acceptors (Lipinski definition) is 2. The van der Waals surface area contributed by atoms with Crippen molar-refractivity contribution in [1.29, 1.82) is 0 Å². The minimum atomic E-state index is -0.931. The lowest BCUT2D eigenvalue weighted by atomic mass is 10.1.